The average Bonchev–Trinajstić information content (AvgIpc) is 3.60. The molecule has 20 nitrogen and oxygen atoms in total. The third-order valence-corrected chi connectivity index (χ3v) is 11.5. The van der Waals surface area contributed by atoms with Gasteiger partial charge in [0, 0.05) is 35.0 Å². The van der Waals surface area contributed by atoms with Gasteiger partial charge in [0.2, 0.25) is 29.5 Å². The van der Waals surface area contributed by atoms with E-state index in [1.807, 2.05) is 0 Å². The van der Waals surface area contributed by atoms with E-state index in [0.717, 1.165) is 16.5 Å². The number of aliphatic hydroxyl groups is 1. The first-order chi connectivity index (χ1) is 28.6. The lowest BCUT2D eigenvalue weighted by molar-refractivity contribution is -0.172. The van der Waals surface area contributed by atoms with Crippen molar-refractivity contribution in [1.29, 1.82) is 0 Å². The minimum absolute atomic E-state index is 0.0347. The largest absolute Gasteiger partial charge is 0.458 e. The summed E-state index contributed by atoms with van der Waals surface area (Å²) in [6, 6.07) is 2.93. The second-order valence-electron chi connectivity index (χ2n) is 15.2. The van der Waals surface area contributed by atoms with Crippen molar-refractivity contribution in [3.8, 4) is 11.4 Å². The molecule has 0 saturated carbocycles. The van der Waals surface area contributed by atoms with Gasteiger partial charge in [-0.05, 0) is 48.9 Å². The lowest BCUT2D eigenvalue weighted by Crippen LogP contribution is -2.70. The molecule has 60 heavy (non-hydrogen) atoms. The first-order valence-corrected chi connectivity index (χ1v) is 19.4. The van der Waals surface area contributed by atoms with Gasteiger partial charge in [-0.2, -0.15) is 0 Å². The smallest absolute Gasteiger partial charge is 0.343 e. The zero-order chi connectivity index (χ0) is 43.1. The van der Waals surface area contributed by atoms with Crippen LogP contribution in [-0.4, -0.2) is 114 Å². The predicted molar refractivity (Wildman–Crippen MR) is 206 cm³/mol. The number of hydrogen-bond acceptors (Lipinski definition) is 13. The van der Waals surface area contributed by atoms with Gasteiger partial charge in [0.1, 0.15) is 12.4 Å². The van der Waals surface area contributed by atoms with Crippen LogP contribution in [0.3, 0.4) is 0 Å². The zero-order valence-corrected chi connectivity index (χ0v) is 32.8. The van der Waals surface area contributed by atoms with Gasteiger partial charge in [-0.15, -0.1) is 0 Å². The Morgan fingerprint density at radius 3 is 2.15 bits per heavy atom. The van der Waals surface area contributed by atoms with Crippen molar-refractivity contribution in [2.45, 2.75) is 63.3 Å². The molecule has 0 unspecified atom stereocenters. The first kappa shape index (κ1) is 41.8. The molecule has 1 aliphatic carbocycles. The fourth-order valence-corrected chi connectivity index (χ4v) is 8.09. The van der Waals surface area contributed by atoms with Crippen molar-refractivity contribution in [2.24, 2.45) is 5.73 Å². The van der Waals surface area contributed by atoms with E-state index in [4.69, 9.17) is 20.2 Å². The van der Waals surface area contributed by atoms with E-state index in [1.165, 1.54) is 10.6 Å². The molecule has 3 aliphatic heterocycles. The Bertz CT molecular complexity index is 2430. The third kappa shape index (κ3) is 7.54. The molecule has 6 amide bonds. The van der Waals surface area contributed by atoms with Crippen molar-refractivity contribution in [3.63, 3.8) is 0 Å². The Morgan fingerprint density at radius 2 is 1.55 bits per heavy atom. The summed E-state index contributed by atoms with van der Waals surface area (Å²) < 4.78 is 27.4. The number of ether oxygens (including phenoxy) is 2. The molecule has 5 heterocycles. The van der Waals surface area contributed by atoms with Crippen LogP contribution in [0.15, 0.2) is 16.9 Å². The van der Waals surface area contributed by atoms with E-state index in [-0.39, 0.29) is 69.5 Å². The monoisotopic (exact) mass is 833 g/mol. The summed E-state index contributed by atoms with van der Waals surface area (Å²) in [4.78, 5) is 105. The maximum absolute atomic E-state index is 15.3. The zero-order valence-electron chi connectivity index (χ0n) is 32.8. The number of nitrogens with two attached hydrogens (primary N) is 1. The minimum Gasteiger partial charge on any atom is -0.458 e. The number of pyridine rings is 2. The summed E-state index contributed by atoms with van der Waals surface area (Å²) >= 11 is 0. The molecule has 7 rings (SSSR count). The lowest BCUT2D eigenvalue weighted by Gasteiger charge is -2.40. The predicted octanol–water partition coefficient (Wildman–Crippen LogP) is -3.02. The number of hydrogen-bond donors (Lipinski definition) is 8. The molecular weight excluding hydrogens is 789 g/mol. The van der Waals surface area contributed by atoms with Gasteiger partial charge in [0.05, 0.1) is 75.0 Å². The summed E-state index contributed by atoms with van der Waals surface area (Å²) in [7, 11) is 0. The van der Waals surface area contributed by atoms with Crippen molar-refractivity contribution in [1.82, 2.24) is 41.5 Å². The van der Waals surface area contributed by atoms with Crippen molar-refractivity contribution < 1.29 is 52.5 Å². The van der Waals surface area contributed by atoms with E-state index in [1.54, 1.807) is 19.9 Å². The highest BCUT2D eigenvalue weighted by atomic mass is 19.1. The Morgan fingerprint density at radius 1 is 0.917 bits per heavy atom. The number of halogens is 1. The van der Waals surface area contributed by atoms with Gasteiger partial charge < -0.3 is 56.8 Å². The van der Waals surface area contributed by atoms with Crippen LogP contribution in [-0.2, 0) is 68.2 Å². The van der Waals surface area contributed by atoms with Gasteiger partial charge >= 0.3 is 5.97 Å². The highest BCUT2D eigenvalue weighted by molar-refractivity contribution is 5.96. The van der Waals surface area contributed by atoms with Crippen molar-refractivity contribution >= 4 is 52.3 Å². The SMILES string of the molecule is CC[C@]1(O)C(=O)OCc2c1cc1n(c2=O)Cc2c-1nc1cc(F)c(C)c3c1c2[C@H](CNC(=O)C1(NC(=O)CNC(=O)CNC(=O)CNC(=O)CNC(=O)CN)COC1)CC3. The Labute approximate surface area is 340 Å². The van der Waals surface area contributed by atoms with Crippen LogP contribution in [0.5, 0.6) is 0 Å². The number of amides is 6. The number of esters is 1. The van der Waals surface area contributed by atoms with Crippen LogP contribution in [0.4, 0.5) is 4.39 Å². The standard InChI is InChI=1S/C39H44FN9O11/c1-3-39(58)23-6-26-34-21(14-49(26)35(55)22(23)15-60-37(39)57)32-19(4-5-20-18(2)24(40)7-25(47-34)33(20)32)9-46-36(56)38(16-59-17-38)48-31(54)13-45-30(53)12-44-29(52)11-43-28(51)10-42-27(50)8-41/h6-7,19,58H,3-5,8-17,41H2,1-2H3,(H,42,50)(H,43,51)(H,44,52)(H,45,53)(H,46,56)(H,48,54)/t19-,39+/m0/s1. The summed E-state index contributed by atoms with van der Waals surface area (Å²) in [6.07, 6.45) is 0.945. The van der Waals surface area contributed by atoms with Crippen LogP contribution < -0.4 is 43.2 Å². The molecule has 0 bridgehead atoms. The maximum Gasteiger partial charge on any atom is 0.343 e. The molecule has 0 spiro atoms. The molecule has 2 atom stereocenters. The minimum atomic E-state index is -2.03. The van der Waals surface area contributed by atoms with Gasteiger partial charge in [0.25, 0.3) is 11.5 Å². The van der Waals surface area contributed by atoms with Crippen molar-refractivity contribution in [3.05, 3.63) is 61.7 Å². The summed E-state index contributed by atoms with van der Waals surface area (Å²) in [5.41, 5.74) is 5.37. The molecule has 1 aromatic carbocycles. The van der Waals surface area contributed by atoms with Crippen LogP contribution in [0.2, 0.25) is 0 Å². The molecule has 2 aromatic heterocycles. The summed E-state index contributed by atoms with van der Waals surface area (Å²) in [6.45, 7) is 0.711. The van der Waals surface area contributed by atoms with Crippen molar-refractivity contribution in [2.75, 3.05) is 52.5 Å². The number of benzene rings is 1. The molecular formula is C39H44FN9O11. The normalized spacial score (nSPS) is 19.1. The lowest BCUT2D eigenvalue weighted by atomic mass is 9.78. The quantitative estimate of drug-likeness (QED) is 0.0588. The first-order valence-electron chi connectivity index (χ1n) is 19.4. The van der Waals surface area contributed by atoms with E-state index in [0.29, 0.717) is 40.9 Å². The van der Waals surface area contributed by atoms with Crippen LogP contribution in [0.25, 0.3) is 22.3 Å². The van der Waals surface area contributed by atoms with Crippen LogP contribution >= 0.6 is 0 Å². The summed E-state index contributed by atoms with van der Waals surface area (Å²) in [5, 5.41) is 26.8. The Balaban J connectivity index is 1.02. The third-order valence-electron chi connectivity index (χ3n) is 11.5. The van der Waals surface area contributed by atoms with E-state index < -0.39 is 83.6 Å². The molecule has 1 saturated heterocycles. The number of nitrogens with one attached hydrogen (secondary N) is 6. The number of nitrogens with zero attached hydrogens (tertiary/aromatic N) is 2. The Kier molecular flexibility index (Phi) is 11.4. The second kappa shape index (κ2) is 16.4. The molecule has 9 N–H and O–H groups in total. The topological polar surface area (TPSA) is 291 Å². The summed E-state index contributed by atoms with van der Waals surface area (Å²) in [5.74, 6) is -5.50. The van der Waals surface area contributed by atoms with E-state index in [2.05, 4.69) is 31.9 Å². The van der Waals surface area contributed by atoms with Crippen LogP contribution in [0.1, 0.15) is 59.1 Å². The number of cyclic esters (lactones) is 1. The highest BCUT2D eigenvalue weighted by Gasteiger charge is 2.48. The molecule has 21 heteroatoms. The Hall–Kier alpha value is -6.32. The highest BCUT2D eigenvalue weighted by Crippen LogP contribution is 2.46. The number of rotatable bonds is 14. The number of aromatic nitrogens is 2. The van der Waals surface area contributed by atoms with Gasteiger partial charge in [0.15, 0.2) is 11.1 Å². The number of aryl methyl sites for hydroxylation is 1. The number of carbonyl (C=O) groups is 7. The van der Waals surface area contributed by atoms with E-state index in [9.17, 15) is 43.5 Å². The van der Waals surface area contributed by atoms with Gasteiger partial charge in [-0.25, -0.2) is 14.2 Å². The number of fused-ring (bicyclic) bond motifs is 5. The van der Waals surface area contributed by atoms with Crippen LogP contribution in [0, 0.1) is 12.7 Å². The molecule has 1 fully saturated rings. The molecule has 3 aromatic rings. The molecule has 0 radical (unpaired) electrons. The van der Waals surface area contributed by atoms with Gasteiger partial charge in [-0.1, -0.05) is 6.92 Å². The van der Waals surface area contributed by atoms with Gasteiger partial charge in [-0.3, -0.25) is 33.6 Å². The maximum atomic E-state index is 15.3. The second-order valence-corrected chi connectivity index (χ2v) is 15.2. The fourth-order valence-electron chi connectivity index (χ4n) is 8.09. The average molecular weight is 834 g/mol. The fraction of sp³-hybridized carbons (Fsp3) is 0.462. The van der Waals surface area contributed by atoms with E-state index >= 15 is 4.39 Å². The number of carbonyl (C=O) groups excluding carboxylic acids is 7. The molecule has 318 valence electrons. The molecule has 4 aliphatic rings.